The number of esters is 4. The summed E-state index contributed by atoms with van der Waals surface area (Å²) >= 11 is 6.29. The smallest absolute Gasteiger partial charge is 0.338 e. The third-order valence-electron chi connectivity index (χ3n) is 4.94. The van der Waals surface area contributed by atoms with E-state index in [1.165, 1.54) is 13.8 Å². The van der Waals surface area contributed by atoms with Crippen LogP contribution < -0.4 is 0 Å². The van der Waals surface area contributed by atoms with Crippen LogP contribution in [0.15, 0.2) is 0 Å². The lowest BCUT2D eigenvalue weighted by atomic mass is 9.89. The molecule has 0 aromatic heterocycles. The van der Waals surface area contributed by atoms with Crippen LogP contribution in [0.4, 0.5) is 0 Å². The summed E-state index contributed by atoms with van der Waals surface area (Å²) in [6.45, 7) is 9.15. The number of rotatable bonds is 11. The number of carbonyl (C=O) groups is 4. The van der Waals surface area contributed by atoms with Gasteiger partial charge in [-0.3, -0.25) is 9.59 Å². The first-order valence-corrected chi connectivity index (χ1v) is 11.0. The van der Waals surface area contributed by atoms with E-state index in [1.807, 2.05) is 13.8 Å². The molecule has 11 heteroatoms. The van der Waals surface area contributed by atoms with Gasteiger partial charge in [0.15, 0.2) is 12.4 Å². The van der Waals surface area contributed by atoms with Gasteiger partial charge in [0.1, 0.15) is 6.10 Å². The molecule has 0 bridgehead atoms. The molecule has 1 heterocycles. The second-order valence-corrected chi connectivity index (χ2v) is 7.97. The number of halogens is 1. The monoisotopic (exact) mass is 480 g/mol. The van der Waals surface area contributed by atoms with Crippen molar-refractivity contribution in [1.82, 2.24) is 0 Å². The number of alkyl halides is 1. The Bertz CT molecular complexity index is 649. The molecule has 32 heavy (non-hydrogen) atoms. The number of hydrogen-bond donors (Lipinski definition) is 0. The molecule has 0 radical (unpaired) electrons. The Hall–Kier alpha value is -1.91. The standard InChI is InChI=1S/C21H33ClO10/c1-7-15-12(4)16(30-13(5)23)17(31-14(6)24)18(32-15)29-11-10-21(22,19(25)27-8-2)20(26)28-9-3/h12,15-18H,7-11H2,1-6H3/t12-,15-,16+,17+,18?/m1/s1. The summed E-state index contributed by atoms with van der Waals surface area (Å²) in [7, 11) is 0. The van der Waals surface area contributed by atoms with Crippen molar-refractivity contribution in [3.05, 3.63) is 0 Å². The molecule has 0 aromatic rings. The Morgan fingerprint density at radius 3 is 1.84 bits per heavy atom. The molecule has 1 fully saturated rings. The average Bonchev–Trinajstić information content (AvgIpc) is 2.71. The quantitative estimate of drug-likeness (QED) is 0.188. The van der Waals surface area contributed by atoms with E-state index < -0.39 is 47.2 Å². The average molecular weight is 481 g/mol. The van der Waals surface area contributed by atoms with Crippen LogP contribution in [0.2, 0.25) is 0 Å². The van der Waals surface area contributed by atoms with Gasteiger partial charge in [-0.15, -0.1) is 0 Å². The van der Waals surface area contributed by atoms with E-state index in [9.17, 15) is 19.2 Å². The van der Waals surface area contributed by atoms with Crippen molar-refractivity contribution in [2.45, 2.75) is 83.9 Å². The van der Waals surface area contributed by atoms with Gasteiger partial charge in [-0.2, -0.15) is 0 Å². The molecule has 184 valence electrons. The maximum atomic E-state index is 12.3. The van der Waals surface area contributed by atoms with E-state index in [0.717, 1.165) is 0 Å². The Morgan fingerprint density at radius 2 is 1.41 bits per heavy atom. The summed E-state index contributed by atoms with van der Waals surface area (Å²) < 4.78 is 32.3. The Labute approximate surface area is 193 Å². The van der Waals surface area contributed by atoms with E-state index in [4.69, 9.17) is 40.0 Å². The summed E-state index contributed by atoms with van der Waals surface area (Å²) in [6.07, 6.45) is -3.04. The van der Waals surface area contributed by atoms with Crippen molar-refractivity contribution in [3.8, 4) is 0 Å². The second kappa shape index (κ2) is 13.0. The highest BCUT2D eigenvalue weighted by molar-refractivity contribution is 6.44. The Morgan fingerprint density at radius 1 is 0.906 bits per heavy atom. The second-order valence-electron chi connectivity index (χ2n) is 7.32. The summed E-state index contributed by atoms with van der Waals surface area (Å²) in [5.74, 6) is -3.35. The molecule has 5 atom stereocenters. The zero-order valence-electron chi connectivity index (χ0n) is 19.4. The van der Waals surface area contributed by atoms with Crippen LogP contribution in [-0.4, -0.2) is 73.2 Å². The molecule has 1 aliphatic rings. The number of carbonyl (C=O) groups excluding carboxylic acids is 4. The third kappa shape index (κ3) is 7.31. The molecule has 1 saturated heterocycles. The number of ether oxygens (including phenoxy) is 6. The van der Waals surface area contributed by atoms with E-state index in [1.54, 1.807) is 13.8 Å². The minimum Gasteiger partial charge on any atom is -0.464 e. The molecule has 0 N–H and O–H groups in total. The normalized spacial score (nSPS) is 25.5. The largest absolute Gasteiger partial charge is 0.464 e. The van der Waals surface area contributed by atoms with Gasteiger partial charge in [-0.1, -0.05) is 25.4 Å². The van der Waals surface area contributed by atoms with Gasteiger partial charge < -0.3 is 28.4 Å². The summed E-state index contributed by atoms with van der Waals surface area (Å²) in [6, 6.07) is 0. The first kappa shape index (κ1) is 28.1. The summed E-state index contributed by atoms with van der Waals surface area (Å²) in [5, 5.41) is 0. The highest BCUT2D eigenvalue weighted by Crippen LogP contribution is 2.33. The predicted octanol–water partition coefficient (Wildman–Crippen LogP) is 2.13. The topological polar surface area (TPSA) is 124 Å². The third-order valence-corrected chi connectivity index (χ3v) is 5.44. The molecule has 1 rings (SSSR count). The molecule has 0 saturated carbocycles. The van der Waals surface area contributed by atoms with Crippen LogP contribution in [-0.2, 0) is 47.6 Å². The fourth-order valence-electron chi connectivity index (χ4n) is 3.42. The Balaban J connectivity index is 3.05. The van der Waals surface area contributed by atoms with Gasteiger partial charge >= 0.3 is 23.9 Å². The molecule has 1 unspecified atom stereocenters. The van der Waals surface area contributed by atoms with Gasteiger partial charge in [0.05, 0.1) is 25.9 Å². The van der Waals surface area contributed by atoms with Crippen LogP contribution in [0.5, 0.6) is 0 Å². The summed E-state index contributed by atoms with van der Waals surface area (Å²) in [4.78, 5) is 45.9. The fraction of sp³-hybridized carbons (Fsp3) is 0.810. The molecule has 1 aliphatic heterocycles. The van der Waals surface area contributed by atoms with Crippen LogP contribution in [0.25, 0.3) is 0 Å². The van der Waals surface area contributed by atoms with Gasteiger partial charge in [-0.25, -0.2) is 9.59 Å². The van der Waals surface area contributed by atoms with Gasteiger partial charge in [0, 0.05) is 26.2 Å². The fourth-order valence-corrected chi connectivity index (χ4v) is 3.60. The molecule has 0 aliphatic carbocycles. The van der Waals surface area contributed by atoms with E-state index in [0.29, 0.717) is 6.42 Å². The van der Waals surface area contributed by atoms with Gasteiger partial charge in [0.25, 0.3) is 0 Å². The molecule has 0 aromatic carbocycles. The zero-order chi connectivity index (χ0) is 24.5. The SMILES string of the molecule is CCOC(=O)C(Cl)(CCOC1O[C@H](CC)[C@@H](C)[C@H](OC(C)=O)[C@@H]1OC(C)=O)C(=O)OCC. The first-order chi connectivity index (χ1) is 15.0. The molecule has 0 amide bonds. The molecule has 0 spiro atoms. The van der Waals surface area contributed by atoms with Crippen molar-refractivity contribution in [2.24, 2.45) is 5.92 Å². The van der Waals surface area contributed by atoms with Crippen molar-refractivity contribution in [3.63, 3.8) is 0 Å². The highest BCUT2D eigenvalue weighted by atomic mass is 35.5. The lowest BCUT2D eigenvalue weighted by molar-refractivity contribution is -0.290. The van der Waals surface area contributed by atoms with Crippen molar-refractivity contribution < 1.29 is 47.6 Å². The summed E-state index contributed by atoms with van der Waals surface area (Å²) in [5.41, 5.74) is 0. The highest BCUT2D eigenvalue weighted by Gasteiger charge is 2.50. The van der Waals surface area contributed by atoms with Crippen LogP contribution in [0, 0.1) is 5.92 Å². The maximum absolute atomic E-state index is 12.3. The van der Waals surface area contributed by atoms with E-state index in [-0.39, 0.29) is 38.3 Å². The minimum absolute atomic E-state index is 0.0218. The Kier molecular flexibility index (Phi) is 11.4. The minimum atomic E-state index is -2.11. The lowest BCUT2D eigenvalue weighted by Gasteiger charge is -2.44. The van der Waals surface area contributed by atoms with Crippen molar-refractivity contribution in [2.75, 3.05) is 19.8 Å². The van der Waals surface area contributed by atoms with Crippen molar-refractivity contribution >= 4 is 35.5 Å². The van der Waals surface area contributed by atoms with E-state index in [2.05, 4.69) is 0 Å². The van der Waals surface area contributed by atoms with Gasteiger partial charge in [0.2, 0.25) is 4.87 Å². The zero-order valence-corrected chi connectivity index (χ0v) is 20.1. The van der Waals surface area contributed by atoms with Crippen LogP contribution in [0.3, 0.4) is 0 Å². The lowest BCUT2D eigenvalue weighted by Crippen LogP contribution is -2.57. The number of hydrogen-bond acceptors (Lipinski definition) is 10. The maximum Gasteiger partial charge on any atom is 0.338 e. The molecule has 10 nitrogen and oxygen atoms in total. The predicted molar refractivity (Wildman–Crippen MR) is 112 cm³/mol. The molecular weight excluding hydrogens is 448 g/mol. The van der Waals surface area contributed by atoms with Gasteiger partial charge in [-0.05, 0) is 20.3 Å². The molecular formula is C21H33ClO10. The van der Waals surface area contributed by atoms with E-state index >= 15 is 0 Å². The van der Waals surface area contributed by atoms with Crippen LogP contribution in [0.1, 0.15) is 54.4 Å². The van der Waals surface area contributed by atoms with Crippen LogP contribution >= 0.6 is 11.6 Å². The first-order valence-electron chi connectivity index (χ1n) is 10.7. The van der Waals surface area contributed by atoms with Crippen molar-refractivity contribution in [1.29, 1.82) is 0 Å².